The van der Waals surface area contributed by atoms with Gasteiger partial charge in [-0.3, -0.25) is 9.59 Å². The molecule has 2 N–H and O–H groups in total. The summed E-state index contributed by atoms with van der Waals surface area (Å²) in [5, 5.41) is 5.26. The van der Waals surface area contributed by atoms with E-state index in [0.29, 0.717) is 49.7 Å². The van der Waals surface area contributed by atoms with Crippen LogP contribution in [0.5, 0.6) is 0 Å². The number of amides is 1. The Balaban J connectivity index is 1.51. The van der Waals surface area contributed by atoms with E-state index in [0.717, 1.165) is 31.5 Å². The maximum absolute atomic E-state index is 14.0. The number of aromatic nitrogens is 3. The number of nitrogen functional groups attached to an aromatic ring is 1. The minimum Gasteiger partial charge on any atom is -0.383 e. The number of morpholine rings is 1. The molecule has 2 aromatic heterocycles. The van der Waals surface area contributed by atoms with Crippen molar-refractivity contribution in [2.75, 3.05) is 63.2 Å². The number of carbonyl (C=O) groups is 2. The molecule has 9 nitrogen and oxygen atoms in total. The van der Waals surface area contributed by atoms with E-state index < -0.39 is 10.0 Å². The molecule has 1 fully saturated rings. The van der Waals surface area contributed by atoms with Gasteiger partial charge in [0.1, 0.15) is 12.5 Å². The number of ether oxygens (including phenoxy) is 2. The minimum atomic E-state index is -0.719. The normalized spacial score (nSPS) is 14.5. The van der Waals surface area contributed by atoms with Crippen LogP contribution in [0.15, 0.2) is 48.7 Å². The molecule has 0 aliphatic carbocycles. The summed E-state index contributed by atoms with van der Waals surface area (Å²) in [6.07, 6.45) is 8.27. The highest BCUT2D eigenvalue weighted by atomic mass is 127. The zero-order chi connectivity index (χ0) is 29.3. The molecule has 1 amide bonds. The van der Waals surface area contributed by atoms with E-state index in [1.54, 1.807) is 9.58 Å². The number of hydrogen-bond donors (Lipinski definition) is 1. The average molecular weight is 690 g/mol. The first-order valence-electron chi connectivity index (χ1n) is 13.4. The highest BCUT2D eigenvalue weighted by Gasteiger charge is 2.25. The number of ketones is 1. The van der Waals surface area contributed by atoms with Crippen LogP contribution in [-0.4, -0.2) is 88.4 Å². The van der Waals surface area contributed by atoms with Crippen molar-refractivity contribution in [2.24, 2.45) is 0 Å². The van der Waals surface area contributed by atoms with Crippen molar-refractivity contribution < 1.29 is 19.1 Å². The third kappa shape index (κ3) is 6.47. The van der Waals surface area contributed by atoms with Gasteiger partial charge >= 0.3 is 0 Å². The Morgan fingerprint density at radius 1 is 1.10 bits per heavy atom. The SMILES string of the molecule is Cc1cc(I)ccc1-n1ncc(C(=O)c2cc3cc(C(=O)N4CCOCC4)ccc3n2COCCS(C)(C)C)c1N. The van der Waals surface area contributed by atoms with Crippen molar-refractivity contribution in [3.05, 3.63) is 74.6 Å². The van der Waals surface area contributed by atoms with Gasteiger partial charge in [-0.2, -0.15) is 5.10 Å². The Morgan fingerprint density at radius 3 is 2.56 bits per heavy atom. The number of nitrogens with two attached hydrogens (primary N) is 1. The highest BCUT2D eigenvalue weighted by Crippen LogP contribution is 2.34. The fraction of sp³-hybridized carbons (Fsp3) is 0.367. The predicted octanol–water partition coefficient (Wildman–Crippen LogP) is 4.69. The molecule has 0 saturated carbocycles. The molecule has 4 aromatic rings. The van der Waals surface area contributed by atoms with Gasteiger partial charge in [0.05, 0.1) is 48.5 Å². The lowest BCUT2D eigenvalue weighted by atomic mass is 10.1. The number of halogens is 1. The summed E-state index contributed by atoms with van der Waals surface area (Å²) in [7, 11) is -0.719. The van der Waals surface area contributed by atoms with Crippen LogP contribution in [0.4, 0.5) is 5.82 Å². The standard InChI is InChI=1S/C30H36IN5O4S/c1-20-15-23(31)6-8-25(20)36-29(32)24(18-33-36)28(37)27-17-22-16-21(30(38)34-9-11-39-12-10-34)5-7-26(22)35(27)19-40-13-14-41(2,3)4/h5-8,15-18H,9-14,19,32H2,1-4H3. The van der Waals surface area contributed by atoms with Gasteiger partial charge in [0, 0.05) is 33.4 Å². The third-order valence-corrected chi connectivity index (χ3v) is 9.24. The van der Waals surface area contributed by atoms with E-state index >= 15 is 0 Å². The largest absolute Gasteiger partial charge is 0.383 e. The molecule has 0 radical (unpaired) electrons. The van der Waals surface area contributed by atoms with Crippen molar-refractivity contribution in [1.29, 1.82) is 0 Å². The Labute approximate surface area is 255 Å². The summed E-state index contributed by atoms with van der Waals surface area (Å²) in [5.41, 5.74) is 10.5. The van der Waals surface area contributed by atoms with E-state index in [4.69, 9.17) is 15.2 Å². The lowest BCUT2D eigenvalue weighted by molar-refractivity contribution is 0.0303. The zero-order valence-electron chi connectivity index (χ0n) is 23.9. The topological polar surface area (TPSA) is 105 Å². The van der Waals surface area contributed by atoms with Gasteiger partial charge in [0.25, 0.3) is 5.91 Å². The van der Waals surface area contributed by atoms with Crippen molar-refractivity contribution in [1.82, 2.24) is 19.2 Å². The van der Waals surface area contributed by atoms with Crippen molar-refractivity contribution >= 4 is 61.0 Å². The van der Waals surface area contributed by atoms with E-state index in [9.17, 15) is 9.59 Å². The van der Waals surface area contributed by atoms with Crippen LogP contribution in [0.3, 0.4) is 0 Å². The second-order valence-electron chi connectivity index (χ2n) is 11.1. The number of carbonyl (C=O) groups excluding carboxylic acids is 2. The van der Waals surface area contributed by atoms with E-state index in [1.165, 1.54) is 6.20 Å². The second kappa shape index (κ2) is 12.2. The fourth-order valence-electron chi connectivity index (χ4n) is 4.86. The van der Waals surface area contributed by atoms with Crippen molar-refractivity contribution in [2.45, 2.75) is 13.7 Å². The monoisotopic (exact) mass is 689 g/mol. The van der Waals surface area contributed by atoms with Crippen molar-refractivity contribution in [3.8, 4) is 5.69 Å². The number of fused-ring (bicyclic) bond motifs is 1. The molecule has 1 aliphatic heterocycles. The molecule has 1 saturated heterocycles. The molecule has 0 bridgehead atoms. The summed E-state index contributed by atoms with van der Waals surface area (Å²) in [6, 6.07) is 13.3. The lowest BCUT2D eigenvalue weighted by Crippen LogP contribution is -2.40. The average Bonchev–Trinajstić information content (AvgIpc) is 3.50. The number of aryl methyl sites for hydroxylation is 1. The number of hydrogen-bond acceptors (Lipinski definition) is 6. The number of nitrogens with zero attached hydrogens (tertiary/aromatic N) is 4. The van der Waals surface area contributed by atoms with E-state index in [-0.39, 0.29) is 24.2 Å². The number of rotatable bonds is 9. The molecular weight excluding hydrogens is 653 g/mol. The number of benzene rings is 2. The third-order valence-electron chi connectivity index (χ3n) is 7.18. The maximum atomic E-state index is 14.0. The summed E-state index contributed by atoms with van der Waals surface area (Å²) in [4.78, 5) is 29.0. The van der Waals surface area contributed by atoms with Gasteiger partial charge in [0.2, 0.25) is 5.78 Å². The molecule has 2 aromatic carbocycles. The highest BCUT2D eigenvalue weighted by molar-refractivity contribution is 14.1. The van der Waals surface area contributed by atoms with E-state index in [1.807, 2.05) is 54.0 Å². The first-order valence-corrected chi connectivity index (χ1v) is 17.5. The Bertz CT molecular complexity index is 1600. The van der Waals surface area contributed by atoms with Crippen LogP contribution in [0.1, 0.15) is 32.0 Å². The Kier molecular flexibility index (Phi) is 8.78. The predicted molar refractivity (Wildman–Crippen MR) is 174 cm³/mol. The Morgan fingerprint density at radius 2 is 1.85 bits per heavy atom. The molecule has 1 aliphatic rings. The van der Waals surface area contributed by atoms with Crippen LogP contribution < -0.4 is 5.73 Å². The minimum absolute atomic E-state index is 0.0429. The smallest absolute Gasteiger partial charge is 0.254 e. The molecule has 3 heterocycles. The summed E-state index contributed by atoms with van der Waals surface area (Å²) >= 11 is 2.26. The van der Waals surface area contributed by atoms with Crippen LogP contribution in [0.2, 0.25) is 0 Å². The summed E-state index contributed by atoms with van der Waals surface area (Å²) in [5.74, 6) is 0.942. The van der Waals surface area contributed by atoms with Crippen molar-refractivity contribution in [3.63, 3.8) is 0 Å². The molecule has 218 valence electrons. The Hall–Kier alpha value is -2.87. The lowest BCUT2D eigenvalue weighted by Gasteiger charge is -2.26. The molecule has 0 atom stereocenters. The molecule has 41 heavy (non-hydrogen) atoms. The van der Waals surface area contributed by atoms with Gasteiger partial charge < -0.3 is 24.7 Å². The molecule has 11 heteroatoms. The summed E-state index contributed by atoms with van der Waals surface area (Å²) < 4.78 is 16.1. The van der Waals surface area contributed by atoms with Crippen LogP contribution in [0.25, 0.3) is 16.6 Å². The fourth-order valence-corrected chi connectivity index (χ4v) is 6.13. The van der Waals surface area contributed by atoms with Crippen LogP contribution in [-0.2, 0) is 16.2 Å². The molecule has 0 spiro atoms. The van der Waals surface area contributed by atoms with E-state index in [2.05, 4.69) is 46.5 Å². The first-order chi connectivity index (χ1) is 19.5. The van der Waals surface area contributed by atoms with Gasteiger partial charge in [-0.05, 0) is 96.3 Å². The molecule has 5 rings (SSSR count). The quantitative estimate of drug-likeness (QED) is 0.155. The molecule has 0 unspecified atom stereocenters. The van der Waals surface area contributed by atoms with Gasteiger partial charge in [-0.25, -0.2) is 14.7 Å². The zero-order valence-corrected chi connectivity index (χ0v) is 26.8. The second-order valence-corrected chi connectivity index (χ2v) is 16.9. The van der Waals surface area contributed by atoms with Crippen LogP contribution >= 0.6 is 32.6 Å². The van der Waals surface area contributed by atoms with Gasteiger partial charge in [0.15, 0.2) is 0 Å². The van der Waals surface area contributed by atoms with Gasteiger partial charge in [-0.1, -0.05) is 0 Å². The number of anilines is 1. The molecular formula is C30H36IN5O4S. The summed E-state index contributed by atoms with van der Waals surface area (Å²) in [6.45, 7) is 4.99. The maximum Gasteiger partial charge on any atom is 0.254 e. The first kappa shape index (κ1) is 29.6. The van der Waals surface area contributed by atoms with Crippen LogP contribution in [0, 0.1) is 10.5 Å². The van der Waals surface area contributed by atoms with Gasteiger partial charge in [-0.15, -0.1) is 0 Å².